The third kappa shape index (κ3) is 2.54. The molecule has 1 atom stereocenters. The summed E-state index contributed by atoms with van der Waals surface area (Å²) in [7, 11) is 0. The zero-order valence-corrected chi connectivity index (χ0v) is 14.1. The minimum Gasteiger partial charge on any atom is -0.464 e. The number of rotatable bonds is 2. The summed E-state index contributed by atoms with van der Waals surface area (Å²) >= 11 is 0. The van der Waals surface area contributed by atoms with Crippen LogP contribution in [0.1, 0.15) is 36.4 Å². The Kier molecular flexibility index (Phi) is 3.34. The summed E-state index contributed by atoms with van der Waals surface area (Å²) in [5, 5.41) is 3.62. The van der Waals surface area contributed by atoms with Crippen molar-refractivity contribution in [3.8, 4) is 0 Å². The summed E-state index contributed by atoms with van der Waals surface area (Å²) in [6, 6.07) is 16.0. The van der Waals surface area contributed by atoms with Crippen molar-refractivity contribution in [2.24, 2.45) is 4.99 Å². The second kappa shape index (κ2) is 5.41. The first-order valence-electron chi connectivity index (χ1n) is 8.12. The van der Waals surface area contributed by atoms with E-state index in [1.54, 1.807) is 0 Å². The van der Waals surface area contributed by atoms with E-state index in [0.29, 0.717) is 6.42 Å². The van der Waals surface area contributed by atoms with Gasteiger partial charge in [0.25, 0.3) is 0 Å². The molecule has 1 aromatic carbocycles. The molecule has 0 saturated carbocycles. The van der Waals surface area contributed by atoms with Gasteiger partial charge in [0.2, 0.25) is 0 Å². The second-order valence-corrected chi connectivity index (χ2v) is 6.53. The first-order valence-corrected chi connectivity index (χ1v) is 8.12. The summed E-state index contributed by atoms with van der Waals surface area (Å²) in [6.45, 7) is 6.04. The molecular formula is C20H20N2O2. The molecule has 0 spiro atoms. The standard InChI is InChI=1S/C20H20N2O2/c1-13-8-10-18(23-13)17-12-20(3,19-11-9-14(2)24-19)22-16-7-5-4-6-15(16)21-17/h4-11,22H,12H2,1-3H3/t20-/m1/s1. The van der Waals surface area contributed by atoms with Crippen molar-refractivity contribution in [2.45, 2.75) is 32.7 Å². The van der Waals surface area contributed by atoms with Gasteiger partial charge in [-0.1, -0.05) is 12.1 Å². The van der Waals surface area contributed by atoms with E-state index in [1.807, 2.05) is 62.4 Å². The number of anilines is 1. The maximum Gasteiger partial charge on any atom is 0.148 e. The molecule has 1 N–H and O–H groups in total. The fourth-order valence-corrected chi connectivity index (χ4v) is 3.15. The van der Waals surface area contributed by atoms with Crippen molar-refractivity contribution >= 4 is 17.1 Å². The SMILES string of the molecule is Cc1ccc(C2=Nc3ccccc3N[C@@](C)(c3ccc(C)o3)C2)o1. The fourth-order valence-electron chi connectivity index (χ4n) is 3.15. The molecule has 0 unspecified atom stereocenters. The smallest absolute Gasteiger partial charge is 0.148 e. The maximum absolute atomic E-state index is 5.94. The molecule has 24 heavy (non-hydrogen) atoms. The quantitative estimate of drug-likeness (QED) is 0.693. The topological polar surface area (TPSA) is 50.7 Å². The predicted octanol–water partition coefficient (Wildman–Crippen LogP) is 5.34. The van der Waals surface area contributed by atoms with E-state index in [0.717, 1.165) is 40.1 Å². The third-order valence-electron chi connectivity index (χ3n) is 4.40. The molecule has 122 valence electrons. The summed E-state index contributed by atoms with van der Waals surface area (Å²) < 4.78 is 11.8. The van der Waals surface area contributed by atoms with Gasteiger partial charge in [0, 0.05) is 6.42 Å². The van der Waals surface area contributed by atoms with Gasteiger partial charge in [-0.2, -0.15) is 0 Å². The Balaban J connectivity index is 1.86. The second-order valence-electron chi connectivity index (χ2n) is 6.53. The van der Waals surface area contributed by atoms with Crippen molar-refractivity contribution < 1.29 is 8.83 Å². The Hall–Kier alpha value is -2.75. The lowest BCUT2D eigenvalue weighted by molar-refractivity contribution is 0.389. The van der Waals surface area contributed by atoms with Gasteiger partial charge in [-0.05, 0) is 57.2 Å². The number of nitrogens with one attached hydrogen (secondary N) is 1. The Morgan fingerprint density at radius 3 is 2.42 bits per heavy atom. The van der Waals surface area contributed by atoms with E-state index in [1.165, 1.54) is 0 Å². The Morgan fingerprint density at radius 2 is 1.71 bits per heavy atom. The van der Waals surface area contributed by atoms with Crippen LogP contribution in [-0.2, 0) is 5.54 Å². The van der Waals surface area contributed by atoms with Crippen LogP contribution >= 0.6 is 0 Å². The van der Waals surface area contributed by atoms with Crippen LogP contribution in [0.2, 0.25) is 0 Å². The van der Waals surface area contributed by atoms with Gasteiger partial charge in [0.15, 0.2) is 0 Å². The Morgan fingerprint density at radius 1 is 0.958 bits per heavy atom. The van der Waals surface area contributed by atoms with Gasteiger partial charge in [0.05, 0.1) is 22.6 Å². The number of fused-ring (bicyclic) bond motifs is 1. The van der Waals surface area contributed by atoms with Crippen LogP contribution in [0.15, 0.2) is 62.4 Å². The predicted molar refractivity (Wildman–Crippen MR) is 95.1 cm³/mol. The van der Waals surface area contributed by atoms with E-state index in [-0.39, 0.29) is 0 Å². The highest BCUT2D eigenvalue weighted by Gasteiger charge is 2.35. The number of aliphatic imine (C=N–C) groups is 1. The number of hydrogen-bond donors (Lipinski definition) is 1. The lowest BCUT2D eigenvalue weighted by Crippen LogP contribution is -2.33. The molecule has 0 amide bonds. The molecule has 3 aromatic rings. The molecule has 0 bridgehead atoms. The van der Waals surface area contributed by atoms with Crippen LogP contribution < -0.4 is 5.32 Å². The molecule has 3 heterocycles. The van der Waals surface area contributed by atoms with Crippen LogP contribution in [-0.4, -0.2) is 5.71 Å². The minimum absolute atomic E-state index is 0.402. The number of para-hydroxylation sites is 2. The number of aryl methyl sites for hydroxylation is 2. The normalized spacial score (nSPS) is 20.0. The van der Waals surface area contributed by atoms with E-state index in [2.05, 4.69) is 12.2 Å². The summed E-state index contributed by atoms with van der Waals surface area (Å²) in [4.78, 5) is 4.87. The van der Waals surface area contributed by atoms with Crippen molar-refractivity contribution in [1.29, 1.82) is 0 Å². The van der Waals surface area contributed by atoms with Crippen LogP contribution in [0.3, 0.4) is 0 Å². The number of nitrogens with zero attached hydrogens (tertiary/aromatic N) is 1. The molecule has 0 saturated heterocycles. The van der Waals surface area contributed by atoms with Gasteiger partial charge >= 0.3 is 0 Å². The van der Waals surface area contributed by atoms with Gasteiger partial charge in [0.1, 0.15) is 23.0 Å². The zero-order valence-electron chi connectivity index (χ0n) is 14.1. The van der Waals surface area contributed by atoms with Crippen molar-refractivity contribution in [3.63, 3.8) is 0 Å². The summed E-state index contributed by atoms with van der Waals surface area (Å²) in [5.74, 6) is 3.49. The van der Waals surface area contributed by atoms with Crippen LogP contribution in [0, 0.1) is 13.8 Å². The van der Waals surface area contributed by atoms with Crippen molar-refractivity contribution in [1.82, 2.24) is 0 Å². The molecule has 4 rings (SSSR count). The van der Waals surface area contributed by atoms with E-state index >= 15 is 0 Å². The van der Waals surface area contributed by atoms with Crippen LogP contribution in [0.25, 0.3) is 0 Å². The highest BCUT2D eigenvalue weighted by Crippen LogP contribution is 2.39. The van der Waals surface area contributed by atoms with Gasteiger partial charge in [-0.25, -0.2) is 4.99 Å². The zero-order chi connectivity index (χ0) is 16.7. The lowest BCUT2D eigenvalue weighted by Gasteiger charge is -2.28. The van der Waals surface area contributed by atoms with E-state index < -0.39 is 5.54 Å². The first kappa shape index (κ1) is 14.8. The van der Waals surface area contributed by atoms with Crippen molar-refractivity contribution in [3.05, 3.63) is 71.6 Å². The largest absolute Gasteiger partial charge is 0.464 e. The van der Waals surface area contributed by atoms with E-state index in [9.17, 15) is 0 Å². The average molecular weight is 320 g/mol. The maximum atomic E-state index is 5.94. The van der Waals surface area contributed by atoms with Crippen LogP contribution in [0.5, 0.6) is 0 Å². The molecule has 1 aliphatic rings. The highest BCUT2D eigenvalue weighted by atomic mass is 16.3. The third-order valence-corrected chi connectivity index (χ3v) is 4.40. The van der Waals surface area contributed by atoms with Gasteiger partial charge < -0.3 is 14.2 Å². The molecule has 2 aromatic heterocycles. The van der Waals surface area contributed by atoms with Crippen molar-refractivity contribution in [2.75, 3.05) is 5.32 Å². The fraction of sp³-hybridized carbons (Fsp3) is 0.250. The molecule has 4 heteroatoms. The molecule has 0 radical (unpaired) electrons. The molecular weight excluding hydrogens is 300 g/mol. The Bertz CT molecular complexity index is 919. The molecule has 1 aliphatic heterocycles. The van der Waals surface area contributed by atoms with Crippen LogP contribution in [0.4, 0.5) is 11.4 Å². The summed E-state index contributed by atoms with van der Waals surface area (Å²) in [6.07, 6.45) is 0.668. The summed E-state index contributed by atoms with van der Waals surface area (Å²) in [5.41, 5.74) is 2.42. The van der Waals surface area contributed by atoms with Gasteiger partial charge in [-0.3, -0.25) is 0 Å². The van der Waals surface area contributed by atoms with E-state index in [4.69, 9.17) is 13.8 Å². The minimum atomic E-state index is -0.402. The number of furan rings is 2. The Labute approximate surface area is 141 Å². The molecule has 0 aliphatic carbocycles. The number of benzene rings is 1. The van der Waals surface area contributed by atoms with Gasteiger partial charge in [-0.15, -0.1) is 0 Å². The lowest BCUT2D eigenvalue weighted by atomic mass is 9.91. The average Bonchev–Trinajstić information content (AvgIpc) is 3.14. The highest BCUT2D eigenvalue weighted by molar-refractivity contribution is 6.02. The first-order chi connectivity index (χ1) is 11.5. The monoisotopic (exact) mass is 320 g/mol. The molecule has 4 nitrogen and oxygen atoms in total. The molecule has 0 fully saturated rings. The number of hydrogen-bond acceptors (Lipinski definition) is 4.